The van der Waals surface area contributed by atoms with Crippen LogP contribution in [0.3, 0.4) is 0 Å². The number of rotatable bonds is 32. The molecule has 2 aromatic rings. The lowest BCUT2D eigenvalue weighted by atomic mass is 9.87. The second-order valence-corrected chi connectivity index (χ2v) is 21.1. The lowest BCUT2D eigenvalue weighted by Crippen LogP contribution is -2.46. The maximum atomic E-state index is 12.6. The average molecular weight is 1000 g/mol. The minimum Gasteiger partial charge on any atom is -0.790 e. The summed E-state index contributed by atoms with van der Waals surface area (Å²) in [5.74, 6) is -1.18. The van der Waals surface area contributed by atoms with Crippen LogP contribution >= 0.6 is 35.2 Å². The molecule has 1 fully saturated rings. The highest BCUT2D eigenvalue weighted by molar-refractivity contribution is 8.13. The van der Waals surface area contributed by atoms with Crippen LogP contribution in [0.25, 0.3) is 11.2 Å². The molecule has 1 aliphatic heterocycles. The van der Waals surface area contributed by atoms with Gasteiger partial charge in [-0.25, -0.2) is 19.3 Å². The van der Waals surface area contributed by atoms with Crippen LogP contribution in [0.4, 0.5) is 5.82 Å². The zero-order valence-electron chi connectivity index (χ0n) is 36.6. The predicted octanol–water partition coefficient (Wildman–Crippen LogP) is 1.39. The summed E-state index contributed by atoms with van der Waals surface area (Å²) in [7, 11) is -17.6. The number of ether oxygens (including phenoxy) is 1. The molecule has 0 aromatic carbocycles. The van der Waals surface area contributed by atoms with Gasteiger partial charge in [0, 0.05) is 37.1 Å². The Bertz CT molecular complexity index is 2010. The highest BCUT2D eigenvalue weighted by Crippen LogP contribution is 2.56. The average Bonchev–Trinajstić information content (AvgIpc) is 3.79. The Labute approximate surface area is 381 Å². The fourth-order valence-electron chi connectivity index (χ4n) is 6.38. The van der Waals surface area contributed by atoms with E-state index >= 15 is 0 Å². The van der Waals surface area contributed by atoms with Crippen LogP contribution in [0.5, 0.6) is 0 Å². The number of anilines is 1. The zero-order chi connectivity index (χ0) is 48.3. The first-order chi connectivity index (χ1) is 30.6. The molecular formula is C37H60N7O17P3S-4. The molecule has 2 unspecified atom stereocenters. The van der Waals surface area contributed by atoms with Gasteiger partial charge < -0.3 is 69.0 Å². The van der Waals surface area contributed by atoms with Gasteiger partial charge in [0.05, 0.1) is 27.4 Å². The Balaban J connectivity index is 1.34. The molecule has 0 saturated carbocycles. The number of hydrogen-bond donors (Lipinski definition) is 5. The van der Waals surface area contributed by atoms with E-state index in [0.717, 1.165) is 41.8 Å². The first-order valence-electron chi connectivity index (χ1n) is 21.2. The molecule has 2 aromatic heterocycles. The molecule has 7 atom stereocenters. The number of thioether (sulfide) groups is 1. The topological polar surface area (TPSA) is 375 Å². The number of nitrogens with zero attached hydrogens (tertiary/aromatic N) is 4. The van der Waals surface area contributed by atoms with Gasteiger partial charge in [0.25, 0.3) is 15.6 Å². The number of phosphoric ester groups is 3. The van der Waals surface area contributed by atoms with E-state index in [4.69, 9.17) is 10.5 Å². The number of allylic oxidation sites excluding steroid dienone is 2. The number of carbonyl (C=O) groups excluding carboxylic acids is 3. The Kier molecular flexibility index (Phi) is 23.8. The zero-order valence-corrected chi connectivity index (χ0v) is 40.1. The summed E-state index contributed by atoms with van der Waals surface area (Å²) in [6.07, 6.45) is 10.2. The largest absolute Gasteiger partial charge is 0.790 e. The third-order valence-electron chi connectivity index (χ3n) is 9.92. The highest BCUT2D eigenvalue weighted by Gasteiger charge is 2.47. The number of aliphatic hydroxyl groups excluding tert-OH is 2. The van der Waals surface area contributed by atoms with Crippen LogP contribution in [-0.4, -0.2) is 103 Å². The van der Waals surface area contributed by atoms with Gasteiger partial charge in [-0.15, -0.1) is 0 Å². The van der Waals surface area contributed by atoms with E-state index in [0.29, 0.717) is 12.2 Å². The van der Waals surface area contributed by atoms with Crippen LogP contribution in [0.1, 0.15) is 110 Å². The van der Waals surface area contributed by atoms with Crippen LogP contribution < -0.4 is 35.9 Å². The van der Waals surface area contributed by atoms with E-state index in [9.17, 15) is 57.9 Å². The number of aliphatic hydroxyl groups is 2. The second-order valence-electron chi connectivity index (χ2n) is 15.8. The van der Waals surface area contributed by atoms with E-state index in [-0.39, 0.29) is 41.6 Å². The van der Waals surface area contributed by atoms with Crippen molar-refractivity contribution in [3.05, 3.63) is 24.8 Å². The van der Waals surface area contributed by atoms with Crippen LogP contribution in [0, 0.1) is 5.41 Å². The van der Waals surface area contributed by atoms with E-state index < -0.39 is 84.6 Å². The van der Waals surface area contributed by atoms with Crippen molar-refractivity contribution in [2.45, 2.75) is 135 Å². The summed E-state index contributed by atoms with van der Waals surface area (Å²) in [5.41, 5.74) is 4.08. The van der Waals surface area contributed by atoms with Gasteiger partial charge in [-0.3, -0.25) is 28.1 Å². The van der Waals surface area contributed by atoms with Gasteiger partial charge in [0.1, 0.15) is 36.3 Å². The maximum Gasteiger partial charge on any atom is 0.274 e. The minimum absolute atomic E-state index is 0.0195. The maximum absolute atomic E-state index is 12.6. The molecule has 3 rings (SSSR count). The number of imidazole rings is 1. The van der Waals surface area contributed by atoms with Crippen LogP contribution in [0.15, 0.2) is 24.8 Å². The summed E-state index contributed by atoms with van der Waals surface area (Å²) in [6.45, 7) is 2.35. The van der Waals surface area contributed by atoms with E-state index in [1.807, 2.05) is 12.2 Å². The summed E-state index contributed by atoms with van der Waals surface area (Å²) < 4.78 is 60.8. The smallest absolute Gasteiger partial charge is 0.274 e. The highest BCUT2D eigenvalue weighted by atomic mass is 32.2. The normalized spacial score (nSPS) is 20.4. The molecule has 0 bridgehead atoms. The molecule has 2 amide bonds. The predicted molar refractivity (Wildman–Crippen MR) is 228 cm³/mol. The Hall–Kier alpha value is -2.70. The van der Waals surface area contributed by atoms with Gasteiger partial charge in [-0.2, -0.15) is 0 Å². The molecule has 24 nitrogen and oxygen atoms in total. The number of nitrogen functional groups attached to an aromatic ring is 1. The van der Waals surface area contributed by atoms with E-state index in [1.54, 1.807) is 0 Å². The van der Waals surface area contributed by atoms with Crippen molar-refractivity contribution in [1.82, 2.24) is 30.2 Å². The molecule has 3 heterocycles. The first kappa shape index (κ1) is 56.6. The summed E-state index contributed by atoms with van der Waals surface area (Å²) in [6, 6.07) is 0. The summed E-state index contributed by atoms with van der Waals surface area (Å²) in [5, 5.41) is 26.3. The monoisotopic (exact) mass is 999 g/mol. The standard InChI is InChI=1S/C37H64N7O17P3S/c1-4-5-6-7-8-9-10-11-12-13-14-15-16-17-28(46)65-21-20-39-27(45)18-19-40-35(49)32(48)37(2,3)23-58-64(55,56)61-63(53,54)57-22-26-31(60-62(50,51)52)30(47)36(59-26)44-25-43-29-33(38)41-24-42-34(29)44/h15-16,24-26,30-32,36,47-48H,4-14,17-23H2,1-3H3,(H,39,45)(H,40,49)(H,53,54)(H,55,56)(H2,38,41,42)(H2,50,51,52)/p-4/b16-15+/t26-,30-,31-,32+,36-/m1/s1. The van der Waals surface area contributed by atoms with Crippen LogP contribution in [-0.2, 0) is 50.7 Å². The second kappa shape index (κ2) is 27.3. The van der Waals surface area contributed by atoms with Crippen molar-refractivity contribution >= 4 is 69.1 Å². The third kappa shape index (κ3) is 20.6. The molecular weight excluding hydrogens is 939 g/mol. The van der Waals surface area contributed by atoms with Crippen molar-refractivity contribution in [2.24, 2.45) is 5.41 Å². The van der Waals surface area contributed by atoms with Gasteiger partial charge in [-0.05, 0) is 12.8 Å². The molecule has 370 valence electrons. The fourth-order valence-corrected chi connectivity index (χ4v) is 9.76. The summed E-state index contributed by atoms with van der Waals surface area (Å²) >= 11 is 1.09. The van der Waals surface area contributed by atoms with Gasteiger partial charge in [0.2, 0.25) is 11.8 Å². The van der Waals surface area contributed by atoms with Gasteiger partial charge >= 0.3 is 0 Å². The van der Waals surface area contributed by atoms with E-state index in [2.05, 4.69) is 50.4 Å². The lowest BCUT2D eigenvalue weighted by Gasteiger charge is -2.36. The quantitative estimate of drug-likeness (QED) is 0.0393. The van der Waals surface area contributed by atoms with Crippen molar-refractivity contribution < 1.29 is 80.5 Å². The number of amides is 2. The Morgan fingerprint density at radius 3 is 2.26 bits per heavy atom. The van der Waals surface area contributed by atoms with Gasteiger partial charge in [0.15, 0.2) is 22.8 Å². The van der Waals surface area contributed by atoms with Crippen LogP contribution in [0.2, 0.25) is 0 Å². The number of phosphoric acid groups is 3. The number of carbonyl (C=O) groups is 3. The molecule has 0 radical (unpaired) electrons. The van der Waals surface area contributed by atoms with Crippen molar-refractivity contribution in [2.75, 3.05) is 37.8 Å². The SMILES string of the molecule is CCCCCCCCCCCC/C=C/CC(=O)SCCNC(=O)CCNC(=O)[C@H](O)C(C)(C)COP(=O)([O-])OP(=O)([O-])OC[C@H]1O[C@@H](n2cnc3c(N)ncnc32)[C@H](O)[C@@H]1OP(=O)([O-])[O-]. The number of unbranched alkanes of at least 4 members (excludes halogenated alkanes) is 10. The number of aromatic nitrogens is 4. The molecule has 0 spiro atoms. The number of nitrogens with two attached hydrogens (primary N) is 1. The minimum atomic E-state index is -5.92. The van der Waals surface area contributed by atoms with Gasteiger partial charge in [-0.1, -0.05) is 102 Å². The Morgan fingerprint density at radius 1 is 0.954 bits per heavy atom. The Morgan fingerprint density at radius 2 is 1.60 bits per heavy atom. The molecule has 1 aliphatic rings. The molecule has 1 saturated heterocycles. The van der Waals surface area contributed by atoms with E-state index in [1.165, 1.54) is 71.6 Å². The third-order valence-corrected chi connectivity index (χ3v) is 13.8. The summed E-state index contributed by atoms with van der Waals surface area (Å²) in [4.78, 5) is 96.7. The number of nitrogens with one attached hydrogen (secondary N) is 2. The van der Waals surface area contributed by atoms with Crippen molar-refractivity contribution in [3.8, 4) is 0 Å². The number of hydrogen-bond acceptors (Lipinski definition) is 22. The molecule has 28 heteroatoms. The van der Waals surface area contributed by atoms with Crippen molar-refractivity contribution in [3.63, 3.8) is 0 Å². The number of fused-ring (bicyclic) bond motifs is 1. The molecule has 65 heavy (non-hydrogen) atoms. The fraction of sp³-hybridized carbons (Fsp3) is 0.730. The van der Waals surface area contributed by atoms with Crippen molar-refractivity contribution in [1.29, 1.82) is 0 Å². The molecule has 0 aliphatic carbocycles. The first-order valence-corrected chi connectivity index (χ1v) is 26.5. The lowest BCUT2D eigenvalue weighted by molar-refractivity contribution is -0.347. The molecule has 6 N–H and O–H groups in total.